The van der Waals surface area contributed by atoms with Crippen LogP contribution in [0.15, 0.2) is 18.3 Å². The third-order valence-electron chi connectivity index (χ3n) is 4.21. The number of carboxylic acid groups (broad SMARTS) is 1. The number of hydrogen-bond acceptors (Lipinski definition) is 2. The van der Waals surface area contributed by atoms with Gasteiger partial charge in [-0.3, -0.25) is 4.79 Å². The van der Waals surface area contributed by atoms with E-state index in [0.29, 0.717) is 0 Å². The van der Waals surface area contributed by atoms with E-state index in [-0.39, 0.29) is 29.6 Å². The van der Waals surface area contributed by atoms with Gasteiger partial charge >= 0.3 is 5.97 Å². The number of rotatable bonds is 4. The summed E-state index contributed by atoms with van der Waals surface area (Å²) in [5, 5.41) is 12.1. The Bertz CT molecular complexity index is 505. The molecule has 1 heterocycles. The van der Waals surface area contributed by atoms with Crippen LogP contribution in [0.4, 0.5) is 0 Å². The molecule has 5 heteroatoms. The zero-order chi connectivity index (χ0) is 14.8. The lowest BCUT2D eigenvalue weighted by Crippen LogP contribution is -2.47. The second-order valence-corrected chi connectivity index (χ2v) is 6.18. The highest BCUT2D eigenvalue weighted by Crippen LogP contribution is 2.35. The fourth-order valence-electron chi connectivity index (χ4n) is 2.90. The van der Waals surface area contributed by atoms with Crippen LogP contribution >= 0.6 is 0 Å². The number of carboxylic acids is 1. The van der Waals surface area contributed by atoms with Crippen molar-refractivity contribution in [3.8, 4) is 0 Å². The van der Waals surface area contributed by atoms with Crippen LogP contribution in [0.2, 0.25) is 0 Å². The van der Waals surface area contributed by atoms with Crippen molar-refractivity contribution in [1.29, 1.82) is 0 Å². The van der Waals surface area contributed by atoms with Crippen molar-refractivity contribution in [2.45, 2.75) is 52.1 Å². The fraction of sp³-hybridized carbons (Fsp3) is 0.600. The number of amides is 1. The SMILES string of the molecule is CC1(C)CCCCC1NC(=O)Cn1cccc1C(=O)O. The molecule has 1 aromatic rings. The van der Waals surface area contributed by atoms with Crippen LogP contribution in [-0.4, -0.2) is 27.6 Å². The lowest BCUT2D eigenvalue weighted by Gasteiger charge is -2.39. The first-order valence-corrected chi connectivity index (χ1v) is 7.08. The highest BCUT2D eigenvalue weighted by Gasteiger charge is 2.33. The summed E-state index contributed by atoms with van der Waals surface area (Å²) in [6.07, 6.45) is 6.07. The molecule has 5 nitrogen and oxygen atoms in total. The van der Waals surface area contributed by atoms with Crippen LogP contribution in [0.25, 0.3) is 0 Å². The lowest BCUT2D eigenvalue weighted by atomic mass is 9.73. The summed E-state index contributed by atoms with van der Waals surface area (Å²) < 4.78 is 1.47. The fourth-order valence-corrected chi connectivity index (χ4v) is 2.90. The molecule has 0 radical (unpaired) electrons. The molecule has 1 unspecified atom stereocenters. The summed E-state index contributed by atoms with van der Waals surface area (Å²) in [6.45, 7) is 4.41. The van der Waals surface area contributed by atoms with Gasteiger partial charge in [0.2, 0.25) is 5.91 Å². The third kappa shape index (κ3) is 3.21. The molecule has 1 fully saturated rings. The standard InChI is InChI=1S/C15H22N2O3/c1-15(2)8-4-3-7-12(15)16-13(18)10-17-9-5-6-11(17)14(19)20/h5-6,9,12H,3-4,7-8,10H2,1-2H3,(H,16,18)(H,19,20). The van der Waals surface area contributed by atoms with Gasteiger partial charge in [-0.25, -0.2) is 4.79 Å². The molecule has 110 valence electrons. The highest BCUT2D eigenvalue weighted by atomic mass is 16.4. The zero-order valence-corrected chi connectivity index (χ0v) is 12.1. The second kappa shape index (κ2) is 5.69. The number of nitrogens with one attached hydrogen (secondary N) is 1. The zero-order valence-electron chi connectivity index (χ0n) is 12.1. The smallest absolute Gasteiger partial charge is 0.352 e. The minimum absolute atomic E-state index is 0.0568. The Morgan fingerprint density at radius 2 is 2.20 bits per heavy atom. The molecule has 1 atom stereocenters. The first-order valence-electron chi connectivity index (χ1n) is 7.08. The van der Waals surface area contributed by atoms with Gasteiger partial charge in [0.1, 0.15) is 12.2 Å². The second-order valence-electron chi connectivity index (χ2n) is 6.18. The Kier molecular flexibility index (Phi) is 4.16. The van der Waals surface area contributed by atoms with E-state index in [4.69, 9.17) is 5.11 Å². The molecule has 1 amide bonds. The number of aromatic carboxylic acids is 1. The summed E-state index contributed by atoms with van der Waals surface area (Å²) in [5.41, 5.74) is 0.253. The van der Waals surface area contributed by atoms with Gasteiger partial charge in [-0.05, 0) is 30.4 Å². The molecular weight excluding hydrogens is 256 g/mol. The monoisotopic (exact) mass is 278 g/mol. The van der Waals surface area contributed by atoms with Crippen molar-refractivity contribution in [3.63, 3.8) is 0 Å². The van der Waals surface area contributed by atoms with Crippen molar-refractivity contribution in [2.75, 3.05) is 0 Å². The molecule has 0 bridgehead atoms. The van der Waals surface area contributed by atoms with Crippen molar-refractivity contribution in [3.05, 3.63) is 24.0 Å². The van der Waals surface area contributed by atoms with Crippen molar-refractivity contribution < 1.29 is 14.7 Å². The van der Waals surface area contributed by atoms with Crippen LogP contribution < -0.4 is 5.32 Å². The van der Waals surface area contributed by atoms with E-state index < -0.39 is 5.97 Å². The Morgan fingerprint density at radius 1 is 1.45 bits per heavy atom. The molecule has 1 aromatic heterocycles. The van der Waals surface area contributed by atoms with E-state index in [2.05, 4.69) is 19.2 Å². The normalized spacial score (nSPS) is 21.4. The first kappa shape index (κ1) is 14.6. The molecule has 2 N–H and O–H groups in total. The minimum Gasteiger partial charge on any atom is -0.477 e. The Hall–Kier alpha value is -1.78. The maximum atomic E-state index is 12.1. The Labute approximate surface area is 119 Å². The molecule has 0 saturated heterocycles. The molecule has 0 aromatic carbocycles. The van der Waals surface area contributed by atoms with Crippen LogP contribution in [0.3, 0.4) is 0 Å². The number of carbonyl (C=O) groups excluding carboxylic acids is 1. The maximum Gasteiger partial charge on any atom is 0.352 e. The lowest BCUT2D eigenvalue weighted by molar-refractivity contribution is -0.123. The summed E-state index contributed by atoms with van der Waals surface area (Å²) in [5.74, 6) is -1.13. The topological polar surface area (TPSA) is 71.3 Å². The first-order chi connectivity index (χ1) is 9.40. The summed E-state index contributed by atoms with van der Waals surface area (Å²) in [7, 11) is 0. The van der Waals surface area contributed by atoms with Crippen molar-refractivity contribution >= 4 is 11.9 Å². The average molecular weight is 278 g/mol. The number of hydrogen-bond donors (Lipinski definition) is 2. The molecule has 20 heavy (non-hydrogen) atoms. The van der Waals surface area contributed by atoms with Gasteiger partial charge in [-0.2, -0.15) is 0 Å². The number of aromatic nitrogens is 1. The third-order valence-corrected chi connectivity index (χ3v) is 4.21. The predicted molar refractivity (Wildman–Crippen MR) is 75.6 cm³/mol. The van der Waals surface area contributed by atoms with E-state index in [9.17, 15) is 9.59 Å². The molecule has 0 spiro atoms. The summed E-state index contributed by atoms with van der Waals surface area (Å²) in [6, 6.07) is 3.31. The number of nitrogens with zero attached hydrogens (tertiary/aromatic N) is 1. The molecule has 1 aliphatic rings. The highest BCUT2D eigenvalue weighted by molar-refractivity contribution is 5.86. The average Bonchev–Trinajstić information content (AvgIpc) is 2.80. The van der Waals surface area contributed by atoms with Gasteiger partial charge in [0.25, 0.3) is 0 Å². The maximum absolute atomic E-state index is 12.1. The molecular formula is C15H22N2O3. The Morgan fingerprint density at radius 3 is 2.85 bits per heavy atom. The van der Waals surface area contributed by atoms with Crippen molar-refractivity contribution in [1.82, 2.24) is 9.88 Å². The van der Waals surface area contributed by atoms with Gasteiger partial charge < -0.3 is 15.0 Å². The Balaban J connectivity index is 1.98. The van der Waals surface area contributed by atoms with Gasteiger partial charge in [0.15, 0.2) is 0 Å². The van der Waals surface area contributed by atoms with Gasteiger partial charge in [-0.15, -0.1) is 0 Å². The quantitative estimate of drug-likeness (QED) is 0.887. The minimum atomic E-state index is -1.01. The van der Waals surface area contributed by atoms with Crippen LogP contribution in [0.1, 0.15) is 50.0 Å². The van der Waals surface area contributed by atoms with Crippen LogP contribution in [0.5, 0.6) is 0 Å². The summed E-state index contributed by atoms with van der Waals surface area (Å²) >= 11 is 0. The van der Waals surface area contributed by atoms with Crippen molar-refractivity contribution in [2.24, 2.45) is 5.41 Å². The van der Waals surface area contributed by atoms with E-state index in [0.717, 1.165) is 19.3 Å². The van der Waals surface area contributed by atoms with E-state index >= 15 is 0 Å². The molecule has 0 aliphatic heterocycles. The molecule has 1 saturated carbocycles. The van der Waals surface area contributed by atoms with E-state index in [1.54, 1.807) is 12.3 Å². The summed E-state index contributed by atoms with van der Waals surface area (Å²) in [4.78, 5) is 23.1. The molecule has 2 rings (SSSR count). The largest absolute Gasteiger partial charge is 0.477 e. The molecule has 1 aliphatic carbocycles. The van der Waals surface area contributed by atoms with Gasteiger partial charge in [0.05, 0.1) is 0 Å². The van der Waals surface area contributed by atoms with E-state index in [1.165, 1.54) is 17.1 Å². The predicted octanol–water partition coefficient (Wildman–Crippen LogP) is 2.27. The van der Waals surface area contributed by atoms with Gasteiger partial charge in [-0.1, -0.05) is 26.7 Å². The van der Waals surface area contributed by atoms with Crippen LogP contribution in [-0.2, 0) is 11.3 Å². The van der Waals surface area contributed by atoms with E-state index in [1.807, 2.05) is 0 Å². The number of carbonyl (C=O) groups is 2. The van der Waals surface area contributed by atoms with Gasteiger partial charge in [0, 0.05) is 12.2 Å². The van der Waals surface area contributed by atoms with Crippen LogP contribution in [0, 0.1) is 5.41 Å².